The molecule has 0 radical (unpaired) electrons. The number of amides is 1. The minimum absolute atomic E-state index is 0.0104. The van der Waals surface area contributed by atoms with E-state index in [1.54, 1.807) is 18.4 Å². The largest absolute Gasteiger partial charge is 0.507 e. The van der Waals surface area contributed by atoms with Gasteiger partial charge in [0.05, 0.1) is 18.7 Å². The minimum Gasteiger partial charge on any atom is -0.507 e. The van der Waals surface area contributed by atoms with E-state index in [9.17, 15) is 19.5 Å². The lowest BCUT2D eigenvalue weighted by Gasteiger charge is -2.08. The standard InChI is InChI=1S/C20H18N2O6S/c1-2-27-18(25)9-14-11-29-20(21-14)22-17(24)10-28-19(26)15-7-12-5-3-4-6-13(12)8-16(15)23/h3-8,11,23H,2,9-10H2,1H3,(H,21,22,24). The van der Waals surface area contributed by atoms with Crippen LogP contribution in [0.2, 0.25) is 0 Å². The van der Waals surface area contributed by atoms with Crippen LogP contribution in [0, 0.1) is 0 Å². The van der Waals surface area contributed by atoms with E-state index < -0.39 is 24.5 Å². The number of carbonyl (C=O) groups excluding carboxylic acids is 3. The summed E-state index contributed by atoms with van der Waals surface area (Å²) in [5.74, 6) is -2.03. The molecule has 29 heavy (non-hydrogen) atoms. The lowest BCUT2D eigenvalue weighted by atomic mass is 10.1. The Hall–Kier alpha value is -3.46. The first-order valence-electron chi connectivity index (χ1n) is 8.75. The number of aromatic hydroxyl groups is 1. The van der Waals surface area contributed by atoms with E-state index in [-0.39, 0.29) is 29.5 Å². The second kappa shape index (κ2) is 9.16. The minimum atomic E-state index is -0.814. The number of aromatic nitrogens is 1. The summed E-state index contributed by atoms with van der Waals surface area (Å²) in [7, 11) is 0. The summed E-state index contributed by atoms with van der Waals surface area (Å²) >= 11 is 1.14. The van der Waals surface area contributed by atoms with Crippen LogP contribution < -0.4 is 5.32 Å². The zero-order chi connectivity index (χ0) is 20.8. The van der Waals surface area contributed by atoms with Gasteiger partial charge < -0.3 is 14.6 Å². The lowest BCUT2D eigenvalue weighted by molar-refractivity contribution is -0.142. The summed E-state index contributed by atoms with van der Waals surface area (Å²) < 4.78 is 9.83. The normalized spacial score (nSPS) is 10.5. The number of hydrogen-bond donors (Lipinski definition) is 2. The molecule has 0 aliphatic carbocycles. The van der Waals surface area contributed by atoms with Crippen LogP contribution in [0.25, 0.3) is 10.8 Å². The first-order valence-corrected chi connectivity index (χ1v) is 9.63. The highest BCUT2D eigenvalue weighted by molar-refractivity contribution is 7.13. The molecule has 150 valence electrons. The molecule has 8 nitrogen and oxygen atoms in total. The molecule has 0 atom stereocenters. The molecule has 2 aromatic carbocycles. The fraction of sp³-hybridized carbons (Fsp3) is 0.200. The van der Waals surface area contributed by atoms with Crippen LogP contribution in [-0.2, 0) is 25.5 Å². The van der Waals surface area contributed by atoms with E-state index in [2.05, 4.69) is 10.3 Å². The topological polar surface area (TPSA) is 115 Å². The fourth-order valence-electron chi connectivity index (χ4n) is 2.56. The van der Waals surface area contributed by atoms with Gasteiger partial charge >= 0.3 is 11.9 Å². The highest BCUT2D eigenvalue weighted by atomic mass is 32.1. The van der Waals surface area contributed by atoms with Crippen LogP contribution in [0.3, 0.4) is 0 Å². The molecular formula is C20H18N2O6S. The number of esters is 2. The van der Waals surface area contributed by atoms with Gasteiger partial charge in [-0.3, -0.25) is 14.9 Å². The fourth-order valence-corrected chi connectivity index (χ4v) is 3.29. The van der Waals surface area contributed by atoms with Gasteiger partial charge in [0.25, 0.3) is 5.91 Å². The monoisotopic (exact) mass is 414 g/mol. The molecule has 1 aromatic heterocycles. The van der Waals surface area contributed by atoms with E-state index in [4.69, 9.17) is 9.47 Å². The Labute approximate surface area is 170 Å². The van der Waals surface area contributed by atoms with Gasteiger partial charge in [0.15, 0.2) is 11.7 Å². The molecule has 2 N–H and O–H groups in total. The van der Waals surface area contributed by atoms with Crippen LogP contribution in [-0.4, -0.2) is 41.2 Å². The predicted molar refractivity (Wildman–Crippen MR) is 107 cm³/mol. The number of phenolic OH excluding ortho intramolecular Hbond substituents is 1. The number of carbonyl (C=O) groups is 3. The highest BCUT2D eigenvalue weighted by Crippen LogP contribution is 2.25. The molecular weight excluding hydrogens is 396 g/mol. The maximum absolute atomic E-state index is 12.2. The van der Waals surface area contributed by atoms with Crippen molar-refractivity contribution in [3.8, 4) is 5.75 Å². The second-order valence-corrected chi connectivity index (χ2v) is 6.82. The van der Waals surface area contributed by atoms with Crippen molar-refractivity contribution >= 4 is 45.1 Å². The van der Waals surface area contributed by atoms with Crippen LogP contribution in [0.15, 0.2) is 41.8 Å². The number of ether oxygens (including phenoxy) is 2. The van der Waals surface area contributed by atoms with Gasteiger partial charge in [-0.1, -0.05) is 24.3 Å². The van der Waals surface area contributed by atoms with E-state index in [1.165, 1.54) is 12.1 Å². The molecule has 9 heteroatoms. The third-order valence-electron chi connectivity index (χ3n) is 3.85. The third kappa shape index (κ3) is 5.29. The van der Waals surface area contributed by atoms with Crippen LogP contribution in [0.5, 0.6) is 5.75 Å². The smallest absolute Gasteiger partial charge is 0.342 e. The first kappa shape index (κ1) is 20.3. The van der Waals surface area contributed by atoms with Crippen molar-refractivity contribution in [2.45, 2.75) is 13.3 Å². The van der Waals surface area contributed by atoms with Gasteiger partial charge in [0.2, 0.25) is 0 Å². The Bertz CT molecular complexity index is 1060. The Balaban J connectivity index is 1.55. The molecule has 0 saturated heterocycles. The maximum Gasteiger partial charge on any atom is 0.342 e. The van der Waals surface area contributed by atoms with E-state index in [0.29, 0.717) is 5.69 Å². The van der Waals surface area contributed by atoms with Gasteiger partial charge in [0, 0.05) is 5.38 Å². The number of hydrogen-bond acceptors (Lipinski definition) is 8. The van der Waals surface area contributed by atoms with Crippen molar-refractivity contribution in [3.63, 3.8) is 0 Å². The number of fused-ring (bicyclic) bond motifs is 1. The molecule has 0 fully saturated rings. The number of nitrogens with one attached hydrogen (secondary N) is 1. The van der Waals surface area contributed by atoms with Gasteiger partial charge in [0.1, 0.15) is 11.3 Å². The van der Waals surface area contributed by atoms with Crippen LogP contribution >= 0.6 is 11.3 Å². The quantitative estimate of drug-likeness (QED) is 0.571. The summed E-state index contributed by atoms with van der Waals surface area (Å²) in [4.78, 5) is 39.8. The van der Waals surface area contributed by atoms with Gasteiger partial charge in [-0.2, -0.15) is 0 Å². The van der Waals surface area contributed by atoms with E-state index in [1.807, 2.05) is 18.2 Å². The number of nitrogens with zero attached hydrogens (tertiary/aromatic N) is 1. The highest BCUT2D eigenvalue weighted by Gasteiger charge is 2.16. The second-order valence-electron chi connectivity index (χ2n) is 5.97. The van der Waals surface area contributed by atoms with Crippen molar-refractivity contribution in [2.24, 2.45) is 0 Å². The zero-order valence-electron chi connectivity index (χ0n) is 15.5. The van der Waals surface area contributed by atoms with Crippen molar-refractivity contribution in [1.82, 2.24) is 4.98 Å². The van der Waals surface area contributed by atoms with Crippen molar-refractivity contribution in [2.75, 3.05) is 18.5 Å². The SMILES string of the molecule is CCOC(=O)Cc1csc(NC(=O)COC(=O)c2cc3ccccc3cc2O)n1. The van der Waals surface area contributed by atoms with E-state index >= 15 is 0 Å². The Morgan fingerprint density at radius 1 is 1.14 bits per heavy atom. The summed E-state index contributed by atoms with van der Waals surface area (Å²) in [5, 5.41) is 16.0. The summed E-state index contributed by atoms with van der Waals surface area (Å²) in [6, 6.07) is 10.2. The van der Waals surface area contributed by atoms with Crippen LogP contribution in [0.1, 0.15) is 23.0 Å². The Morgan fingerprint density at radius 3 is 2.59 bits per heavy atom. The number of thiazole rings is 1. The number of rotatable bonds is 7. The molecule has 0 aliphatic heterocycles. The molecule has 0 bridgehead atoms. The summed E-state index contributed by atoms with van der Waals surface area (Å²) in [6.45, 7) is 1.45. The molecule has 0 aliphatic rings. The Kier molecular flexibility index (Phi) is 6.40. The van der Waals surface area contributed by atoms with Crippen LogP contribution in [0.4, 0.5) is 5.13 Å². The molecule has 0 spiro atoms. The maximum atomic E-state index is 12.2. The van der Waals surface area contributed by atoms with Gasteiger partial charge in [-0.25, -0.2) is 9.78 Å². The van der Waals surface area contributed by atoms with Crippen molar-refractivity contribution in [1.29, 1.82) is 0 Å². The average Bonchev–Trinajstić information content (AvgIpc) is 3.12. The number of anilines is 1. The van der Waals surface area contributed by atoms with Crippen molar-refractivity contribution < 1.29 is 29.0 Å². The van der Waals surface area contributed by atoms with Gasteiger partial charge in [-0.05, 0) is 29.8 Å². The number of phenols is 1. The number of benzene rings is 2. The predicted octanol–water partition coefficient (Wildman–Crippen LogP) is 2.90. The first-order chi connectivity index (χ1) is 14.0. The molecule has 3 rings (SSSR count). The Morgan fingerprint density at radius 2 is 1.86 bits per heavy atom. The third-order valence-corrected chi connectivity index (χ3v) is 4.65. The average molecular weight is 414 g/mol. The van der Waals surface area contributed by atoms with E-state index in [0.717, 1.165) is 22.1 Å². The molecule has 0 saturated carbocycles. The summed E-state index contributed by atoms with van der Waals surface area (Å²) in [6.07, 6.45) is 0.0104. The molecule has 1 amide bonds. The van der Waals surface area contributed by atoms with Crippen molar-refractivity contribution in [3.05, 3.63) is 53.0 Å². The molecule has 1 heterocycles. The lowest BCUT2D eigenvalue weighted by Crippen LogP contribution is -2.21. The van der Waals surface area contributed by atoms with Gasteiger partial charge in [-0.15, -0.1) is 11.3 Å². The zero-order valence-corrected chi connectivity index (χ0v) is 16.3. The summed E-state index contributed by atoms with van der Waals surface area (Å²) in [5.41, 5.74) is 0.448. The molecule has 0 unspecified atom stereocenters. The molecule has 3 aromatic rings.